The van der Waals surface area contributed by atoms with Crippen molar-refractivity contribution in [3.05, 3.63) is 35.1 Å². The van der Waals surface area contributed by atoms with Crippen LogP contribution in [-0.2, 0) is 15.9 Å². The van der Waals surface area contributed by atoms with Gasteiger partial charge in [0.25, 0.3) is 0 Å². The van der Waals surface area contributed by atoms with Gasteiger partial charge in [-0.15, -0.1) is 0 Å². The second-order valence-corrected chi connectivity index (χ2v) is 7.27. The highest BCUT2D eigenvalue weighted by Gasteiger charge is 2.40. The summed E-state index contributed by atoms with van der Waals surface area (Å²) in [5.74, 6) is -0.222. The number of likely N-dealkylation sites (tertiary alicyclic amines) is 1. The molecule has 1 fully saturated rings. The summed E-state index contributed by atoms with van der Waals surface area (Å²) in [6.45, 7) is 6.83. The number of benzene rings is 1. The monoisotopic (exact) mass is 321 g/mol. The average molecular weight is 321 g/mol. The normalized spacial score (nSPS) is 24.4. The molecule has 0 saturated carbocycles. The Kier molecular flexibility index (Phi) is 4.32. The van der Waals surface area contributed by atoms with E-state index < -0.39 is 5.60 Å². The van der Waals surface area contributed by atoms with Crippen LogP contribution in [-0.4, -0.2) is 35.8 Å². The lowest BCUT2D eigenvalue weighted by atomic mass is 9.92. The van der Waals surface area contributed by atoms with Gasteiger partial charge in [-0.05, 0) is 63.3 Å². The van der Waals surface area contributed by atoms with Gasteiger partial charge in [0, 0.05) is 6.54 Å². The first-order valence-electron chi connectivity index (χ1n) is 8.25. The zero-order valence-electron chi connectivity index (χ0n) is 14.0. The van der Waals surface area contributed by atoms with E-state index in [1.807, 2.05) is 20.8 Å². The van der Waals surface area contributed by atoms with Crippen molar-refractivity contribution in [3.63, 3.8) is 0 Å². The van der Waals surface area contributed by atoms with Crippen LogP contribution in [0, 0.1) is 5.82 Å². The molecule has 3 rings (SSSR count). The van der Waals surface area contributed by atoms with Gasteiger partial charge < -0.3 is 14.4 Å². The quantitative estimate of drug-likeness (QED) is 0.789. The molecule has 5 heteroatoms. The minimum Gasteiger partial charge on any atom is -0.444 e. The predicted molar refractivity (Wildman–Crippen MR) is 84.8 cm³/mol. The summed E-state index contributed by atoms with van der Waals surface area (Å²) in [5.41, 5.74) is 1.47. The third-order valence-electron chi connectivity index (χ3n) is 4.36. The van der Waals surface area contributed by atoms with Crippen molar-refractivity contribution in [3.8, 4) is 0 Å². The molecule has 0 spiro atoms. The van der Waals surface area contributed by atoms with E-state index in [9.17, 15) is 9.18 Å². The molecule has 1 unspecified atom stereocenters. The highest BCUT2D eigenvalue weighted by Crippen LogP contribution is 2.37. The lowest BCUT2D eigenvalue weighted by Gasteiger charge is -2.36. The summed E-state index contributed by atoms with van der Waals surface area (Å²) in [6.07, 6.45) is 2.02. The van der Waals surface area contributed by atoms with Gasteiger partial charge in [0.15, 0.2) is 0 Å². The molecule has 0 radical (unpaired) electrons. The van der Waals surface area contributed by atoms with Crippen molar-refractivity contribution in [2.24, 2.45) is 0 Å². The van der Waals surface area contributed by atoms with E-state index >= 15 is 0 Å². The van der Waals surface area contributed by atoms with Crippen LogP contribution in [0.4, 0.5) is 9.18 Å². The summed E-state index contributed by atoms with van der Waals surface area (Å²) >= 11 is 0. The number of hydrogen-bond acceptors (Lipinski definition) is 3. The van der Waals surface area contributed by atoms with Gasteiger partial charge in [0.1, 0.15) is 17.5 Å². The van der Waals surface area contributed by atoms with Gasteiger partial charge >= 0.3 is 6.09 Å². The van der Waals surface area contributed by atoms with Crippen molar-refractivity contribution < 1.29 is 18.7 Å². The first-order valence-corrected chi connectivity index (χ1v) is 8.25. The van der Waals surface area contributed by atoms with Crippen LogP contribution in [0.3, 0.4) is 0 Å². The van der Waals surface area contributed by atoms with E-state index in [4.69, 9.17) is 9.47 Å². The largest absolute Gasteiger partial charge is 0.444 e. The molecule has 1 amide bonds. The highest BCUT2D eigenvalue weighted by atomic mass is 19.1. The smallest absolute Gasteiger partial charge is 0.410 e. The Morgan fingerprint density at radius 1 is 1.39 bits per heavy atom. The molecule has 2 aliphatic rings. The van der Waals surface area contributed by atoms with E-state index in [1.54, 1.807) is 17.0 Å². The van der Waals surface area contributed by atoms with Crippen molar-refractivity contribution in [2.75, 3.05) is 13.2 Å². The summed E-state index contributed by atoms with van der Waals surface area (Å²) < 4.78 is 25.0. The Hall–Kier alpha value is -1.62. The number of carbonyl (C=O) groups is 1. The number of ether oxygens (including phenoxy) is 2. The number of rotatable bonds is 1. The number of fused-ring (bicyclic) bond motifs is 1. The Balaban J connectivity index is 1.83. The molecule has 1 aromatic carbocycles. The highest BCUT2D eigenvalue weighted by molar-refractivity contribution is 5.69. The van der Waals surface area contributed by atoms with Crippen LogP contribution >= 0.6 is 0 Å². The number of hydrogen-bond donors (Lipinski definition) is 0. The van der Waals surface area contributed by atoms with Crippen LogP contribution in [0.5, 0.6) is 0 Å². The van der Waals surface area contributed by atoms with Gasteiger partial charge in [-0.2, -0.15) is 0 Å². The molecular weight excluding hydrogens is 297 g/mol. The van der Waals surface area contributed by atoms with Gasteiger partial charge in [-0.25, -0.2) is 9.18 Å². The van der Waals surface area contributed by atoms with Crippen molar-refractivity contribution in [1.82, 2.24) is 4.90 Å². The summed E-state index contributed by atoms with van der Waals surface area (Å²) in [7, 11) is 0. The van der Waals surface area contributed by atoms with Crippen LogP contribution in [0.25, 0.3) is 0 Å². The fourth-order valence-corrected chi connectivity index (χ4v) is 3.43. The molecule has 4 nitrogen and oxygen atoms in total. The molecular formula is C18H24FNO3. The van der Waals surface area contributed by atoms with Gasteiger partial charge in [-0.1, -0.05) is 6.07 Å². The van der Waals surface area contributed by atoms with Gasteiger partial charge in [0.05, 0.1) is 12.6 Å². The molecule has 0 aliphatic carbocycles. The lowest BCUT2D eigenvalue weighted by Crippen LogP contribution is -2.43. The molecule has 1 saturated heterocycles. The molecule has 23 heavy (non-hydrogen) atoms. The van der Waals surface area contributed by atoms with E-state index in [2.05, 4.69) is 0 Å². The second-order valence-electron chi connectivity index (χ2n) is 7.27. The van der Waals surface area contributed by atoms with Gasteiger partial charge in [0.2, 0.25) is 0 Å². The average Bonchev–Trinajstić information content (AvgIpc) is 2.93. The van der Waals surface area contributed by atoms with Crippen molar-refractivity contribution in [2.45, 2.75) is 57.8 Å². The molecule has 2 aliphatic heterocycles. The summed E-state index contributed by atoms with van der Waals surface area (Å²) in [6, 6.07) is 4.79. The Morgan fingerprint density at radius 3 is 2.91 bits per heavy atom. The van der Waals surface area contributed by atoms with E-state index in [0.29, 0.717) is 19.6 Å². The topological polar surface area (TPSA) is 38.8 Å². The predicted octanol–water partition coefficient (Wildman–Crippen LogP) is 3.84. The third kappa shape index (κ3) is 3.50. The van der Waals surface area contributed by atoms with Crippen LogP contribution in [0.1, 0.15) is 50.8 Å². The summed E-state index contributed by atoms with van der Waals surface area (Å²) in [5, 5.41) is 0. The fraction of sp³-hybridized carbons (Fsp3) is 0.611. The molecule has 1 aromatic rings. The zero-order valence-corrected chi connectivity index (χ0v) is 14.0. The number of carbonyl (C=O) groups excluding carboxylic acids is 1. The molecule has 0 N–H and O–H groups in total. The minimum atomic E-state index is -0.515. The van der Waals surface area contributed by atoms with Gasteiger partial charge in [-0.3, -0.25) is 0 Å². The molecule has 0 bridgehead atoms. The second kappa shape index (κ2) is 6.11. The maximum Gasteiger partial charge on any atom is 0.410 e. The van der Waals surface area contributed by atoms with E-state index in [-0.39, 0.29) is 24.1 Å². The van der Waals surface area contributed by atoms with E-state index in [0.717, 1.165) is 24.0 Å². The Morgan fingerprint density at radius 2 is 2.17 bits per heavy atom. The first kappa shape index (κ1) is 16.2. The third-order valence-corrected chi connectivity index (χ3v) is 4.36. The lowest BCUT2D eigenvalue weighted by molar-refractivity contribution is -0.0266. The van der Waals surface area contributed by atoms with Crippen molar-refractivity contribution in [1.29, 1.82) is 0 Å². The maximum absolute atomic E-state index is 13.5. The molecule has 126 valence electrons. The summed E-state index contributed by atoms with van der Waals surface area (Å²) in [4.78, 5) is 14.2. The molecule has 0 aromatic heterocycles. The number of nitrogens with zero attached hydrogens (tertiary/aromatic N) is 1. The number of amides is 1. The SMILES string of the molecule is CC(C)(C)OC(=O)N1CCC[C@H]1C1OCCc2cc(F)ccc21. The first-order chi connectivity index (χ1) is 10.8. The standard InChI is InChI=1S/C18H24FNO3/c1-18(2,3)23-17(21)20-9-4-5-15(20)16-14-7-6-13(19)11-12(14)8-10-22-16/h6-7,11,15-16H,4-5,8-10H2,1-3H3/t15-,16?/m0/s1. The van der Waals surface area contributed by atoms with E-state index in [1.165, 1.54) is 6.07 Å². The Bertz CT molecular complexity index is 596. The Labute approximate surface area is 136 Å². The molecule has 2 atom stereocenters. The van der Waals surface area contributed by atoms with Crippen LogP contribution < -0.4 is 0 Å². The van der Waals surface area contributed by atoms with Crippen molar-refractivity contribution >= 4 is 6.09 Å². The van der Waals surface area contributed by atoms with Crippen LogP contribution in [0.2, 0.25) is 0 Å². The zero-order chi connectivity index (χ0) is 16.6. The maximum atomic E-state index is 13.5. The molecule has 2 heterocycles. The minimum absolute atomic E-state index is 0.0469. The fourth-order valence-electron chi connectivity index (χ4n) is 3.43. The number of halogens is 1. The van der Waals surface area contributed by atoms with Crippen LogP contribution in [0.15, 0.2) is 18.2 Å².